The van der Waals surface area contributed by atoms with Crippen molar-refractivity contribution >= 4 is 17.3 Å². The van der Waals surface area contributed by atoms with Crippen LogP contribution < -0.4 is 0 Å². The predicted molar refractivity (Wildman–Crippen MR) is 106 cm³/mol. The van der Waals surface area contributed by atoms with E-state index in [1.54, 1.807) is 0 Å². The Bertz CT molecular complexity index is 1030. The van der Waals surface area contributed by atoms with Gasteiger partial charge in [-0.15, -0.1) is 0 Å². The summed E-state index contributed by atoms with van der Waals surface area (Å²) in [7, 11) is 0. The minimum atomic E-state index is -4.58. The first-order valence-corrected chi connectivity index (χ1v) is 8.97. The third-order valence-corrected chi connectivity index (χ3v) is 4.57. The molecule has 29 heavy (non-hydrogen) atoms. The summed E-state index contributed by atoms with van der Waals surface area (Å²) < 4.78 is 38.8. The molecule has 0 saturated heterocycles. The average molecular weight is 414 g/mol. The molecule has 3 nitrogen and oxygen atoms in total. The van der Waals surface area contributed by atoms with Crippen molar-refractivity contribution < 1.29 is 13.2 Å². The first-order valence-electron chi connectivity index (χ1n) is 8.60. The highest BCUT2D eigenvalue weighted by atomic mass is 35.5. The molecule has 1 aromatic heterocycles. The van der Waals surface area contributed by atoms with E-state index in [0.29, 0.717) is 11.9 Å². The second-order valence-corrected chi connectivity index (χ2v) is 6.84. The van der Waals surface area contributed by atoms with Crippen molar-refractivity contribution in [3.05, 3.63) is 100 Å². The molecule has 0 unspecified atom stereocenters. The van der Waals surface area contributed by atoms with Crippen LogP contribution in [-0.4, -0.2) is 10.7 Å². The van der Waals surface area contributed by atoms with Crippen LogP contribution in [0.1, 0.15) is 29.3 Å². The Morgan fingerprint density at radius 1 is 1.00 bits per heavy atom. The normalized spacial score (nSPS) is 13.2. The highest BCUT2D eigenvalue weighted by Crippen LogP contribution is 2.35. The number of benzene rings is 2. The largest absolute Gasteiger partial charge is 0.417 e. The molecule has 3 rings (SSSR count). The number of hydrogen-bond acceptors (Lipinski definition) is 3. The molecule has 0 fully saturated rings. The third-order valence-electron chi connectivity index (χ3n) is 4.28. The Kier molecular flexibility index (Phi) is 5.71. The van der Waals surface area contributed by atoms with E-state index in [1.807, 2.05) is 66.7 Å². The summed E-state index contributed by atoms with van der Waals surface area (Å²) in [5, 5.41) is 9.59. The van der Waals surface area contributed by atoms with Gasteiger partial charge in [0.1, 0.15) is 5.69 Å². The van der Waals surface area contributed by atoms with E-state index in [0.717, 1.165) is 17.2 Å². The van der Waals surface area contributed by atoms with Crippen LogP contribution in [0.15, 0.2) is 77.9 Å². The third kappa shape index (κ3) is 4.47. The molecule has 2 aromatic carbocycles. The van der Waals surface area contributed by atoms with Gasteiger partial charge in [-0.05, 0) is 13.0 Å². The Hall–Kier alpha value is -3.17. The summed E-state index contributed by atoms with van der Waals surface area (Å²) in [4.78, 5) is 8.46. The molecule has 0 N–H and O–H groups in total. The zero-order chi connectivity index (χ0) is 21.1. The molecule has 0 saturated carbocycles. The fourth-order valence-electron chi connectivity index (χ4n) is 2.79. The Labute approximate surface area is 171 Å². The summed E-state index contributed by atoms with van der Waals surface area (Å²) >= 11 is 6.09. The van der Waals surface area contributed by atoms with Crippen LogP contribution in [-0.2, 0) is 11.7 Å². The lowest BCUT2D eigenvalue weighted by molar-refractivity contribution is -0.137. The molecule has 0 amide bonds. The summed E-state index contributed by atoms with van der Waals surface area (Å²) in [6.45, 7) is 1.47. The lowest BCUT2D eigenvalue weighted by atomic mass is 9.96. The van der Waals surface area contributed by atoms with Gasteiger partial charge in [0.05, 0.1) is 22.4 Å². The molecule has 7 heteroatoms. The maximum atomic E-state index is 12.9. The molecule has 3 aromatic rings. The number of halogens is 4. The van der Waals surface area contributed by atoms with Crippen molar-refractivity contribution in [2.45, 2.75) is 18.6 Å². The van der Waals surface area contributed by atoms with Crippen LogP contribution in [0.2, 0.25) is 5.02 Å². The second-order valence-electron chi connectivity index (χ2n) is 6.43. The molecule has 146 valence electrons. The summed E-state index contributed by atoms with van der Waals surface area (Å²) in [6, 6.07) is 21.2. The number of pyridine rings is 1. The Balaban J connectivity index is 2.18. The fraction of sp³-hybridized carbons (Fsp3) is 0.136. The number of rotatable bonds is 4. The van der Waals surface area contributed by atoms with E-state index in [4.69, 9.17) is 11.6 Å². The predicted octanol–water partition coefficient (Wildman–Crippen LogP) is 6.03. The summed E-state index contributed by atoms with van der Waals surface area (Å²) in [5.41, 5.74) is -0.609. The molecule has 0 bridgehead atoms. The van der Waals surface area contributed by atoms with Crippen LogP contribution in [0.3, 0.4) is 0 Å². The van der Waals surface area contributed by atoms with Crippen LogP contribution in [0, 0.1) is 11.3 Å². The second kappa shape index (κ2) is 8.06. The van der Waals surface area contributed by atoms with Gasteiger partial charge in [0.25, 0.3) is 0 Å². The number of nitrogens with zero attached hydrogens (tertiary/aromatic N) is 3. The molecule has 1 heterocycles. The van der Waals surface area contributed by atoms with Crippen molar-refractivity contribution in [1.82, 2.24) is 4.98 Å². The van der Waals surface area contributed by atoms with Gasteiger partial charge in [-0.3, -0.25) is 9.98 Å². The quantitative estimate of drug-likeness (QED) is 0.490. The minimum absolute atomic E-state index is 0.0426. The van der Waals surface area contributed by atoms with Crippen molar-refractivity contribution in [1.29, 1.82) is 5.26 Å². The summed E-state index contributed by atoms with van der Waals surface area (Å²) in [5.74, 6) is 0. The fourth-order valence-corrected chi connectivity index (χ4v) is 3.14. The van der Waals surface area contributed by atoms with Crippen LogP contribution in [0.5, 0.6) is 0 Å². The number of aromatic nitrogens is 1. The average Bonchev–Trinajstić information content (AvgIpc) is 2.72. The first-order chi connectivity index (χ1) is 13.7. The van der Waals surface area contributed by atoms with Crippen molar-refractivity contribution in [2.75, 3.05) is 0 Å². The number of aliphatic imine (C=N–C) groups is 1. The van der Waals surface area contributed by atoms with Crippen molar-refractivity contribution in [3.8, 4) is 6.07 Å². The van der Waals surface area contributed by atoms with E-state index in [-0.39, 0.29) is 10.7 Å². The van der Waals surface area contributed by atoms with Crippen LogP contribution in [0.25, 0.3) is 0 Å². The molecule has 0 spiro atoms. The Morgan fingerprint density at radius 2 is 1.52 bits per heavy atom. The van der Waals surface area contributed by atoms with E-state index < -0.39 is 17.3 Å². The number of nitriles is 1. The smallest absolute Gasteiger partial charge is 0.256 e. The summed E-state index contributed by atoms with van der Waals surface area (Å²) in [6.07, 6.45) is -3.92. The van der Waals surface area contributed by atoms with Crippen LogP contribution in [0.4, 0.5) is 13.2 Å². The van der Waals surface area contributed by atoms with Gasteiger partial charge in [0, 0.05) is 17.3 Å². The maximum Gasteiger partial charge on any atom is 0.417 e. The molecule has 1 atom stereocenters. The first kappa shape index (κ1) is 20.6. The van der Waals surface area contributed by atoms with Gasteiger partial charge in [-0.1, -0.05) is 72.3 Å². The standard InChI is InChI=1S/C22H15ClF3N3/c1-21(14-27,20-18(23)12-17(13-28-20)22(24,25)26)29-19(15-8-4-2-5-9-15)16-10-6-3-7-11-16/h2-13H,1H3/t21-/m0/s1. The van der Waals surface area contributed by atoms with E-state index in [1.165, 1.54) is 6.92 Å². The topological polar surface area (TPSA) is 49.0 Å². The van der Waals surface area contributed by atoms with Gasteiger partial charge in [-0.25, -0.2) is 0 Å². The monoisotopic (exact) mass is 413 g/mol. The van der Waals surface area contributed by atoms with Gasteiger partial charge < -0.3 is 0 Å². The molecule has 0 aliphatic rings. The molecule has 0 radical (unpaired) electrons. The zero-order valence-electron chi connectivity index (χ0n) is 15.3. The van der Waals surface area contributed by atoms with Gasteiger partial charge in [0.15, 0.2) is 5.54 Å². The Morgan fingerprint density at radius 3 is 1.93 bits per heavy atom. The van der Waals surface area contributed by atoms with Gasteiger partial charge >= 0.3 is 6.18 Å². The van der Waals surface area contributed by atoms with Crippen molar-refractivity contribution in [3.63, 3.8) is 0 Å². The molecular weight excluding hydrogens is 399 g/mol. The zero-order valence-corrected chi connectivity index (χ0v) is 16.0. The van der Waals surface area contributed by atoms with Gasteiger partial charge in [0.2, 0.25) is 0 Å². The molecular formula is C22H15ClF3N3. The van der Waals surface area contributed by atoms with Crippen LogP contribution >= 0.6 is 11.6 Å². The van der Waals surface area contributed by atoms with Gasteiger partial charge in [-0.2, -0.15) is 18.4 Å². The highest BCUT2D eigenvalue weighted by molar-refractivity contribution is 6.31. The highest BCUT2D eigenvalue weighted by Gasteiger charge is 2.35. The maximum absolute atomic E-state index is 12.9. The van der Waals surface area contributed by atoms with E-state index >= 15 is 0 Å². The lowest BCUT2D eigenvalue weighted by Gasteiger charge is -2.21. The number of alkyl halides is 3. The minimum Gasteiger partial charge on any atom is -0.256 e. The van der Waals surface area contributed by atoms with E-state index in [9.17, 15) is 18.4 Å². The lowest BCUT2D eigenvalue weighted by Crippen LogP contribution is -2.23. The molecule has 0 aliphatic heterocycles. The SMILES string of the molecule is C[C@@](C#N)(N=C(c1ccccc1)c1ccccc1)c1ncc(C(F)(F)F)cc1Cl. The van der Waals surface area contributed by atoms with Crippen molar-refractivity contribution in [2.24, 2.45) is 4.99 Å². The molecule has 0 aliphatic carbocycles. The van der Waals surface area contributed by atoms with E-state index in [2.05, 4.69) is 9.98 Å². The number of hydrogen-bond donors (Lipinski definition) is 0.